The fraction of sp³-hybridized carbons (Fsp3) is 0.308. The third-order valence-electron chi connectivity index (χ3n) is 2.81. The van der Waals surface area contributed by atoms with Gasteiger partial charge in [0.15, 0.2) is 5.82 Å². The van der Waals surface area contributed by atoms with E-state index in [1.807, 2.05) is 6.92 Å². The molecule has 0 unspecified atom stereocenters. The quantitative estimate of drug-likeness (QED) is 0.874. The van der Waals surface area contributed by atoms with Crippen molar-refractivity contribution >= 4 is 5.91 Å². The van der Waals surface area contributed by atoms with Crippen molar-refractivity contribution in [2.75, 3.05) is 7.05 Å². The molecule has 100 valence electrons. The lowest BCUT2D eigenvalue weighted by atomic mass is 10.1. The lowest BCUT2D eigenvalue weighted by molar-refractivity contribution is 0.0781. The largest absolute Gasteiger partial charge is 0.508 e. The second-order valence-electron chi connectivity index (χ2n) is 4.50. The number of aromatic hydroxyl groups is 1. The Morgan fingerprint density at radius 3 is 2.74 bits per heavy atom. The van der Waals surface area contributed by atoms with E-state index in [4.69, 9.17) is 0 Å². The Morgan fingerprint density at radius 2 is 2.16 bits per heavy atom. The molecular formula is C13H16N4O2. The van der Waals surface area contributed by atoms with Gasteiger partial charge in [-0.3, -0.25) is 9.89 Å². The van der Waals surface area contributed by atoms with Crippen LogP contribution in [0.5, 0.6) is 5.75 Å². The first-order valence-electron chi connectivity index (χ1n) is 5.90. The lowest BCUT2D eigenvalue weighted by Crippen LogP contribution is -2.26. The molecule has 0 aliphatic carbocycles. The Hall–Kier alpha value is -2.37. The second kappa shape index (κ2) is 5.09. The van der Waals surface area contributed by atoms with E-state index in [1.54, 1.807) is 26.1 Å². The fourth-order valence-corrected chi connectivity index (χ4v) is 1.75. The molecule has 1 aromatic heterocycles. The highest BCUT2D eigenvalue weighted by atomic mass is 16.3. The summed E-state index contributed by atoms with van der Waals surface area (Å²) < 4.78 is 0. The van der Waals surface area contributed by atoms with Gasteiger partial charge in [-0.15, -0.1) is 0 Å². The molecule has 0 saturated heterocycles. The summed E-state index contributed by atoms with van der Waals surface area (Å²) in [4.78, 5) is 17.9. The van der Waals surface area contributed by atoms with Gasteiger partial charge in [0.25, 0.3) is 5.91 Å². The number of carbonyl (C=O) groups is 1. The highest BCUT2D eigenvalue weighted by Gasteiger charge is 2.14. The lowest BCUT2D eigenvalue weighted by Gasteiger charge is -2.15. The summed E-state index contributed by atoms with van der Waals surface area (Å²) in [5, 5.41) is 16.2. The Kier molecular flexibility index (Phi) is 3.50. The van der Waals surface area contributed by atoms with Gasteiger partial charge >= 0.3 is 0 Å². The zero-order chi connectivity index (χ0) is 14.0. The molecule has 1 amide bonds. The van der Waals surface area contributed by atoms with Gasteiger partial charge in [-0.1, -0.05) is 0 Å². The molecule has 1 heterocycles. The van der Waals surface area contributed by atoms with Crippen LogP contribution in [0, 0.1) is 13.8 Å². The molecule has 0 aliphatic heterocycles. The van der Waals surface area contributed by atoms with Crippen molar-refractivity contribution < 1.29 is 9.90 Å². The smallest absolute Gasteiger partial charge is 0.254 e. The van der Waals surface area contributed by atoms with Gasteiger partial charge < -0.3 is 10.0 Å². The summed E-state index contributed by atoms with van der Waals surface area (Å²) in [6, 6.07) is 4.79. The summed E-state index contributed by atoms with van der Waals surface area (Å²) in [5.74, 6) is 1.34. The minimum Gasteiger partial charge on any atom is -0.508 e. The first kappa shape index (κ1) is 13.1. The third kappa shape index (κ3) is 2.90. The third-order valence-corrected chi connectivity index (χ3v) is 2.81. The van der Waals surface area contributed by atoms with Crippen LogP contribution in [0.2, 0.25) is 0 Å². The Bertz CT molecular complexity index is 606. The molecule has 2 aromatic rings. The highest BCUT2D eigenvalue weighted by molar-refractivity contribution is 5.94. The molecule has 6 nitrogen and oxygen atoms in total. The maximum atomic E-state index is 12.2. The van der Waals surface area contributed by atoms with Crippen LogP contribution >= 0.6 is 0 Å². The summed E-state index contributed by atoms with van der Waals surface area (Å²) in [7, 11) is 1.69. The minimum atomic E-state index is -0.134. The van der Waals surface area contributed by atoms with Crippen molar-refractivity contribution in [1.29, 1.82) is 0 Å². The second-order valence-corrected chi connectivity index (χ2v) is 4.50. The average molecular weight is 260 g/mol. The van der Waals surface area contributed by atoms with Crippen molar-refractivity contribution in [3.8, 4) is 5.75 Å². The van der Waals surface area contributed by atoms with Crippen LogP contribution < -0.4 is 0 Å². The first-order valence-corrected chi connectivity index (χ1v) is 5.90. The Labute approximate surface area is 111 Å². The first-order chi connectivity index (χ1) is 8.97. The number of benzene rings is 1. The number of rotatable bonds is 3. The van der Waals surface area contributed by atoms with E-state index in [0.29, 0.717) is 23.5 Å². The highest BCUT2D eigenvalue weighted by Crippen LogP contribution is 2.18. The van der Waals surface area contributed by atoms with Gasteiger partial charge in [-0.2, -0.15) is 5.10 Å². The predicted molar refractivity (Wildman–Crippen MR) is 69.8 cm³/mol. The normalized spacial score (nSPS) is 10.5. The van der Waals surface area contributed by atoms with Gasteiger partial charge in [-0.05, 0) is 37.6 Å². The maximum absolute atomic E-state index is 12.2. The Balaban J connectivity index is 2.12. The summed E-state index contributed by atoms with van der Waals surface area (Å²) in [5.41, 5.74) is 1.21. The van der Waals surface area contributed by atoms with Crippen molar-refractivity contribution in [1.82, 2.24) is 20.1 Å². The monoisotopic (exact) mass is 260 g/mol. The molecule has 0 saturated carbocycles. The average Bonchev–Trinajstić information content (AvgIpc) is 2.77. The van der Waals surface area contributed by atoms with E-state index in [1.165, 1.54) is 11.0 Å². The van der Waals surface area contributed by atoms with E-state index < -0.39 is 0 Å². The SMILES string of the molecule is Cc1nc(CN(C)C(=O)c2ccc(O)c(C)c2)n[nH]1. The number of aryl methyl sites for hydroxylation is 2. The number of H-pyrrole nitrogens is 1. The number of phenols is 1. The topological polar surface area (TPSA) is 82.1 Å². The van der Waals surface area contributed by atoms with Crippen molar-refractivity contribution in [2.24, 2.45) is 0 Å². The molecule has 0 aliphatic rings. The standard InChI is InChI=1S/C13H16N4O2/c1-8-6-10(4-5-11(8)18)13(19)17(3)7-12-14-9(2)15-16-12/h4-6,18H,7H2,1-3H3,(H,14,15,16). The van der Waals surface area contributed by atoms with Gasteiger partial charge in [0.05, 0.1) is 6.54 Å². The number of hydrogen-bond acceptors (Lipinski definition) is 4. The molecule has 2 rings (SSSR count). The molecule has 0 bridgehead atoms. The molecule has 6 heteroatoms. The number of nitrogens with zero attached hydrogens (tertiary/aromatic N) is 3. The van der Waals surface area contributed by atoms with Crippen LogP contribution in [-0.2, 0) is 6.54 Å². The van der Waals surface area contributed by atoms with Gasteiger partial charge in [-0.25, -0.2) is 4.98 Å². The number of aromatic nitrogens is 3. The van der Waals surface area contributed by atoms with Crippen LogP contribution in [0.1, 0.15) is 27.6 Å². The van der Waals surface area contributed by atoms with Crippen LogP contribution in [0.15, 0.2) is 18.2 Å². The molecule has 0 atom stereocenters. The van der Waals surface area contributed by atoms with Crippen molar-refractivity contribution in [3.63, 3.8) is 0 Å². The van der Waals surface area contributed by atoms with E-state index >= 15 is 0 Å². The van der Waals surface area contributed by atoms with Crippen LogP contribution in [0.25, 0.3) is 0 Å². The fourth-order valence-electron chi connectivity index (χ4n) is 1.75. The predicted octanol–water partition coefficient (Wildman–Crippen LogP) is 1.40. The molecule has 19 heavy (non-hydrogen) atoms. The van der Waals surface area contributed by atoms with Crippen molar-refractivity contribution in [2.45, 2.75) is 20.4 Å². The molecule has 1 aromatic carbocycles. The number of hydrogen-bond donors (Lipinski definition) is 2. The molecular weight excluding hydrogens is 244 g/mol. The summed E-state index contributed by atoms with van der Waals surface area (Å²) in [6.07, 6.45) is 0. The number of nitrogens with one attached hydrogen (secondary N) is 1. The molecule has 0 fully saturated rings. The van der Waals surface area contributed by atoms with Crippen LogP contribution in [0.4, 0.5) is 0 Å². The summed E-state index contributed by atoms with van der Waals surface area (Å²) >= 11 is 0. The Morgan fingerprint density at radius 1 is 1.42 bits per heavy atom. The number of phenolic OH excluding ortho intramolecular Hbond substituents is 1. The van der Waals surface area contributed by atoms with E-state index in [0.717, 1.165) is 5.82 Å². The van der Waals surface area contributed by atoms with Crippen molar-refractivity contribution in [3.05, 3.63) is 41.0 Å². The van der Waals surface area contributed by atoms with Crippen LogP contribution in [0.3, 0.4) is 0 Å². The van der Waals surface area contributed by atoms with E-state index in [-0.39, 0.29) is 11.7 Å². The zero-order valence-electron chi connectivity index (χ0n) is 11.1. The van der Waals surface area contributed by atoms with Gasteiger partial charge in [0.2, 0.25) is 0 Å². The number of aromatic amines is 1. The number of amides is 1. The zero-order valence-corrected chi connectivity index (χ0v) is 11.1. The van der Waals surface area contributed by atoms with Crippen LogP contribution in [-0.4, -0.2) is 38.1 Å². The van der Waals surface area contributed by atoms with Gasteiger partial charge in [0, 0.05) is 12.6 Å². The van der Waals surface area contributed by atoms with Gasteiger partial charge in [0.1, 0.15) is 11.6 Å². The molecule has 0 radical (unpaired) electrons. The maximum Gasteiger partial charge on any atom is 0.254 e. The van der Waals surface area contributed by atoms with E-state index in [9.17, 15) is 9.90 Å². The number of carbonyl (C=O) groups excluding carboxylic acids is 1. The molecule has 0 spiro atoms. The van der Waals surface area contributed by atoms with E-state index in [2.05, 4.69) is 15.2 Å². The minimum absolute atomic E-state index is 0.134. The summed E-state index contributed by atoms with van der Waals surface area (Å²) in [6.45, 7) is 3.90. The molecule has 2 N–H and O–H groups in total.